The molecule has 1 aromatic heterocycles. The molecular weight excluding hydrogens is 396 g/mol. The second-order valence-corrected chi connectivity index (χ2v) is 7.99. The average Bonchev–Trinajstić information content (AvgIpc) is 3.20. The largest absolute Gasteiger partial charge is 0.459 e. The molecule has 0 saturated heterocycles. The van der Waals surface area contributed by atoms with Crippen LogP contribution < -0.4 is 10.6 Å². The molecule has 0 aliphatic carbocycles. The highest BCUT2D eigenvalue weighted by Crippen LogP contribution is 2.27. The van der Waals surface area contributed by atoms with E-state index < -0.39 is 0 Å². The number of halogens is 1. The van der Waals surface area contributed by atoms with Crippen molar-refractivity contribution in [1.82, 2.24) is 0 Å². The summed E-state index contributed by atoms with van der Waals surface area (Å²) in [5, 5.41) is 5.92. The van der Waals surface area contributed by atoms with Crippen LogP contribution in [0.3, 0.4) is 0 Å². The molecule has 2 amide bonds. The highest BCUT2D eigenvalue weighted by Gasteiger charge is 2.16. The van der Waals surface area contributed by atoms with E-state index in [1.807, 2.05) is 44.2 Å². The van der Waals surface area contributed by atoms with E-state index in [0.717, 1.165) is 10.5 Å². The average molecular weight is 415 g/mol. The summed E-state index contributed by atoms with van der Waals surface area (Å²) in [6, 6.07) is 16.0. The van der Waals surface area contributed by atoms with Gasteiger partial charge in [-0.2, -0.15) is 0 Å². The quantitative estimate of drug-likeness (QED) is 0.514. The maximum Gasteiger partial charge on any atom is 0.291 e. The van der Waals surface area contributed by atoms with Crippen molar-refractivity contribution in [2.45, 2.75) is 24.0 Å². The van der Waals surface area contributed by atoms with E-state index in [0.29, 0.717) is 16.4 Å². The molecule has 7 heteroatoms. The van der Waals surface area contributed by atoms with Gasteiger partial charge in [0, 0.05) is 21.3 Å². The monoisotopic (exact) mass is 414 g/mol. The fraction of sp³-hybridized carbons (Fsp3) is 0.143. The van der Waals surface area contributed by atoms with Crippen molar-refractivity contribution in [1.29, 1.82) is 0 Å². The van der Waals surface area contributed by atoms with Crippen LogP contribution in [0.1, 0.15) is 23.0 Å². The molecule has 0 aliphatic heterocycles. The summed E-state index contributed by atoms with van der Waals surface area (Å²) in [5.41, 5.74) is 2.24. The van der Waals surface area contributed by atoms with E-state index in [4.69, 9.17) is 16.0 Å². The normalized spacial score (nSPS) is 11.7. The number of aryl methyl sites for hydroxylation is 1. The summed E-state index contributed by atoms with van der Waals surface area (Å²) in [7, 11) is 0. The van der Waals surface area contributed by atoms with Crippen LogP contribution in [0.25, 0.3) is 0 Å². The Balaban J connectivity index is 1.61. The number of rotatable bonds is 6. The van der Waals surface area contributed by atoms with E-state index >= 15 is 0 Å². The van der Waals surface area contributed by atoms with Gasteiger partial charge >= 0.3 is 0 Å². The molecule has 0 bridgehead atoms. The smallest absolute Gasteiger partial charge is 0.291 e. The van der Waals surface area contributed by atoms with Crippen molar-refractivity contribution in [2.75, 3.05) is 10.6 Å². The zero-order chi connectivity index (χ0) is 20.1. The third-order valence-electron chi connectivity index (χ3n) is 3.96. The zero-order valence-electron chi connectivity index (χ0n) is 15.4. The van der Waals surface area contributed by atoms with Gasteiger partial charge in [0.1, 0.15) is 0 Å². The molecule has 0 aliphatic rings. The number of nitrogens with one attached hydrogen (secondary N) is 2. The summed E-state index contributed by atoms with van der Waals surface area (Å²) in [6.07, 6.45) is 1.45. The van der Waals surface area contributed by atoms with Crippen LogP contribution in [0.5, 0.6) is 0 Å². The lowest BCUT2D eigenvalue weighted by atomic mass is 10.2. The number of benzene rings is 2. The van der Waals surface area contributed by atoms with Crippen molar-refractivity contribution in [2.24, 2.45) is 0 Å². The topological polar surface area (TPSA) is 71.3 Å². The van der Waals surface area contributed by atoms with Crippen LogP contribution in [0, 0.1) is 6.92 Å². The SMILES string of the molecule is Cc1ccc(NC(=O)C(C)Sc2cccc(NC(=O)c3ccco3)c2)cc1Cl. The summed E-state index contributed by atoms with van der Waals surface area (Å²) in [5.74, 6) is -0.216. The highest BCUT2D eigenvalue weighted by atomic mass is 35.5. The molecule has 5 nitrogen and oxygen atoms in total. The van der Waals surface area contributed by atoms with Crippen molar-refractivity contribution >= 4 is 46.6 Å². The first-order chi connectivity index (χ1) is 13.4. The summed E-state index contributed by atoms with van der Waals surface area (Å²) < 4.78 is 5.09. The number of thioether (sulfide) groups is 1. The van der Waals surface area contributed by atoms with Gasteiger partial charge in [-0.1, -0.05) is 23.7 Å². The zero-order valence-corrected chi connectivity index (χ0v) is 16.9. The van der Waals surface area contributed by atoms with Crippen LogP contribution in [-0.2, 0) is 4.79 Å². The first kappa shape index (κ1) is 20.0. The second-order valence-electron chi connectivity index (χ2n) is 6.17. The Hall–Kier alpha value is -2.70. The Morgan fingerprint density at radius 3 is 2.54 bits per heavy atom. The van der Waals surface area contributed by atoms with E-state index in [1.165, 1.54) is 18.0 Å². The maximum absolute atomic E-state index is 12.5. The van der Waals surface area contributed by atoms with E-state index in [9.17, 15) is 9.59 Å². The fourth-order valence-corrected chi connectivity index (χ4v) is 3.53. The minimum absolute atomic E-state index is 0.130. The molecule has 0 radical (unpaired) electrons. The number of anilines is 2. The van der Waals surface area contributed by atoms with Crippen molar-refractivity contribution in [3.8, 4) is 0 Å². The number of hydrogen-bond acceptors (Lipinski definition) is 4. The summed E-state index contributed by atoms with van der Waals surface area (Å²) in [6.45, 7) is 3.73. The van der Waals surface area contributed by atoms with Crippen LogP contribution in [0.4, 0.5) is 11.4 Å². The number of carbonyl (C=O) groups excluding carboxylic acids is 2. The molecule has 1 heterocycles. The second kappa shape index (κ2) is 8.99. The van der Waals surface area contributed by atoms with Gasteiger partial charge in [0.15, 0.2) is 5.76 Å². The van der Waals surface area contributed by atoms with Crippen LogP contribution >= 0.6 is 23.4 Å². The Morgan fingerprint density at radius 2 is 1.82 bits per heavy atom. The van der Waals surface area contributed by atoms with E-state index in [-0.39, 0.29) is 22.8 Å². The van der Waals surface area contributed by atoms with Gasteiger partial charge in [0.2, 0.25) is 5.91 Å². The Morgan fingerprint density at radius 1 is 1.04 bits per heavy atom. The van der Waals surface area contributed by atoms with E-state index in [2.05, 4.69) is 10.6 Å². The lowest BCUT2D eigenvalue weighted by molar-refractivity contribution is -0.115. The van der Waals surface area contributed by atoms with Crippen molar-refractivity contribution in [3.05, 3.63) is 77.2 Å². The van der Waals surface area contributed by atoms with Gasteiger partial charge in [-0.25, -0.2) is 0 Å². The predicted octanol–water partition coefficient (Wildman–Crippen LogP) is 5.61. The Bertz CT molecular complexity index is 989. The molecule has 3 rings (SSSR count). The van der Waals surface area contributed by atoms with Crippen molar-refractivity contribution in [3.63, 3.8) is 0 Å². The van der Waals surface area contributed by atoms with Gasteiger partial charge in [0.05, 0.1) is 11.5 Å². The van der Waals surface area contributed by atoms with Gasteiger partial charge in [-0.3, -0.25) is 9.59 Å². The highest BCUT2D eigenvalue weighted by molar-refractivity contribution is 8.00. The molecule has 144 valence electrons. The van der Waals surface area contributed by atoms with Crippen molar-refractivity contribution < 1.29 is 14.0 Å². The summed E-state index contributed by atoms with van der Waals surface area (Å²) in [4.78, 5) is 25.4. The number of amides is 2. The first-order valence-corrected chi connectivity index (χ1v) is 9.87. The molecule has 28 heavy (non-hydrogen) atoms. The lowest BCUT2D eigenvalue weighted by Crippen LogP contribution is -2.22. The lowest BCUT2D eigenvalue weighted by Gasteiger charge is -2.13. The van der Waals surface area contributed by atoms with Gasteiger partial charge < -0.3 is 15.1 Å². The molecule has 0 spiro atoms. The van der Waals surface area contributed by atoms with E-state index in [1.54, 1.807) is 24.3 Å². The van der Waals surface area contributed by atoms with Gasteiger partial charge in [-0.15, -0.1) is 11.8 Å². The molecule has 2 N–H and O–H groups in total. The summed E-state index contributed by atoms with van der Waals surface area (Å²) >= 11 is 7.50. The van der Waals surface area contributed by atoms with Gasteiger partial charge in [-0.05, 0) is 61.9 Å². The Labute approximate surface area is 172 Å². The minimum atomic E-state index is -0.337. The third-order valence-corrected chi connectivity index (χ3v) is 5.46. The molecular formula is C21H19ClN2O3S. The molecule has 2 aromatic carbocycles. The number of hydrogen-bond donors (Lipinski definition) is 2. The fourth-order valence-electron chi connectivity index (χ4n) is 2.42. The third kappa shape index (κ3) is 5.18. The van der Waals surface area contributed by atoms with Gasteiger partial charge in [0.25, 0.3) is 5.91 Å². The molecule has 3 aromatic rings. The predicted molar refractivity (Wildman–Crippen MR) is 113 cm³/mol. The van der Waals surface area contributed by atoms with Crippen LogP contribution in [-0.4, -0.2) is 17.1 Å². The van der Waals surface area contributed by atoms with Crippen LogP contribution in [0.2, 0.25) is 5.02 Å². The number of carbonyl (C=O) groups is 2. The van der Waals surface area contributed by atoms with Crippen LogP contribution in [0.15, 0.2) is 70.2 Å². The molecule has 0 saturated carbocycles. The number of furan rings is 1. The molecule has 1 atom stereocenters. The Kier molecular flexibility index (Phi) is 6.44. The molecule has 1 unspecified atom stereocenters. The first-order valence-electron chi connectivity index (χ1n) is 8.61. The minimum Gasteiger partial charge on any atom is -0.459 e. The maximum atomic E-state index is 12.5. The molecule has 0 fully saturated rings. The standard InChI is InChI=1S/C21H19ClN2O3S/c1-13-8-9-16(12-18(13)22)23-20(25)14(2)28-17-6-3-5-15(11-17)24-21(26)19-7-4-10-27-19/h3-12,14H,1-2H3,(H,23,25)(H,24,26).